The molecule has 1 aromatic carbocycles. The number of rotatable bonds is 12. The second kappa shape index (κ2) is 12.8. The van der Waals surface area contributed by atoms with Crippen molar-refractivity contribution in [3.05, 3.63) is 52.1 Å². The number of hydrogen-bond donors (Lipinski definition) is 2. The molecule has 226 valence electrons. The van der Waals surface area contributed by atoms with Gasteiger partial charge in [0, 0.05) is 41.6 Å². The molecule has 0 saturated heterocycles. The van der Waals surface area contributed by atoms with Crippen LogP contribution in [0.4, 0.5) is 20.4 Å². The van der Waals surface area contributed by atoms with E-state index in [4.69, 9.17) is 4.98 Å². The third-order valence-electron chi connectivity index (χ3n) is 9.09. The second-order valence-corrected chi connectivity index (χ2v) is 12.7. The van der Waals surface area contributed by atoms with Crippen molar-refractivity contribution >= 4 is 38.7 Å². The summed E-state index contributed by atoms with van der Waals surface area (Å²) in [5.74, 6) is 1.89. The summed E-state index contributed by atoms with van der Waals surface area (Å²) in [7, 11) is 1.66. The monoisotopic (exact) mass is 596 g/mol. The highest BCUT2D eigenvalue weighted by molar-refractivity contribution is 7.17. The number of nitrogens with zero attached hydrogens (tertiary/aromatic N) is 4. The molecule has 10 heteroatoms. The first kappa shape index (κ1) is 30.7. The maximum Gasteiger partial charge on any atom is 0.284 e. The van der Waals surface area contributed by atoms with E-state index >= 15 is 8.78 Å². The van der Waals surface area contributed by atoms with Crippen molar-refractivity contribution in [3.63, 3.8) is 0 Å². The smallest absolute Gasteiger partial charge is 0.284 e. The van der Waals surface area contributed by atoms with E-state index in [1.165, 1.54) is 25.7 Å². The van der Waals surface area contributed by atoms with Crippen LogP contribution in [0.25, 0.3) is 0 Å². The zero-order valence-electron chi connectivity index (χ0n) is 25.1. The molecule has 5 rings (SSSR count). The van der Waals surface area contributed by atoms with Crippen LogP contribution < -0.4 is 15.5 Å². The van der Waals surface area contributed by atoms with Gasteiger partial charge < -0.3 is 10.6 Å². The SMILES string of the molecule is C/C=N\N=C(/C)C(c1cc(NCC)nc(N2Cc3c(cc(C(C)NCC4CCC4)cc3C(F)(F)P)C2=O)c1)C1CCC1. The number of carbonyl (C=O) groups is 1. The molecule has 3 aliphatic rings. The molecule has 3 atom stereocenters. The first-order valence-corrected chi connectivity index (χ1v) is 15.9. The zero-order valence-corrected chi connectivity index (χ0v) is 26.2. The summed E-state index contributed by atoms with van der Waals surface area (Å²) >= 11 is 0. The molecule has 2 N–H and O–H groups in total. The van der Waals surface area contributed by atoms with Crippen LogP contribution in [-0.2, 0) is 12.2 Å². The molecule has 1 aromatic heterocycles. The lowest BCUT2D eigenvalue weighted by Gasteiger charge is -2.34. The second-order valence-electron chi connectivity index (χ2n) is 12.0. The summed E-state index contributed by atoms with van der Waals surface area (Å²) < 4.78 is 30.0. The molecule has 42 heavy (non-hydrogen) atoms. The molecule has 2 fully saturated rings. The van der Waals surface area contributed by atoms with Crippen LogP contribution in [-0.4, -0.2) is 35.9 Å². The molecule has 7 nitrogen and oxygen atoms in total. The van der Waals surface area contributed by atoms with Gasteiger partial charge in [-0.15, -0.1) is 0 Å². The molecular formula is C32H43F2N6OP. The Morgan fingerprint density at radius 3 is 2.52 bits per heavy atom. The van der Waals surface area contributed by atoms with Crippen LogP contribution in [0.15, 0.2) is 34.5 Å². The molecule has 2 aliphatic carbocycles. The average molecular weight is 597 g/mol. The quantitative estimate of drug-likeness (QED) is 0.152. The molecule has 2 saturated carbocycles. The van der Waals surface area contributed by atoms with E-state index in [1.54, 1.807) is 32.5 Å². The maximum absolute atomic E-state index is 15.0. The molecule has 0 radical (unpaired) electrons. The molecule has 0 spiro atoms. The number of hydrogen-bond acceptors (Lipinski definition) is 6. The van der Waals surface area contributed by atoms with E-state index in [2.05, 4.69) is 20.8 Å². The minimum absolute atomic E-state index is 0.0304. The summed E-state index contributed by atoms with van der Waals surface area (Å²) in [5, 5.41) is 15.4. The number of nitrogens with one attached hydrogen (secondary N) is 2. The van der Waals surface area contributed by atoms with Crippen molar-refractivity contribution < 1.29 is 13.6 Å². The van der Waals surface area contributed by atoms with Gasteiger partial charge in [0.2, 0.25) is 0 Å². The fraction of sp³-hybridized carbons (Fsp3) is 0.562. The molecule has 1 amide bonds. The van der Waals surface area contributed by atoms with Crippen LogP contribution in [0.2, 0.25) is 0 Å². The van der Waals surface area contributed by atoms with E-state index in [1.807, 2.05) is 39.8 Å². The number of anilines is 2. The minimum atomic E-state index is -3.17. The summed E-state index contributed by atoms with van der Waals surface area (Å²) in [5.41, 5.74) is 0.00129. The summed E-state index contributed by atoms with van der Waals surface area (Å²) in [6, 6.07) is 7.16. The Labute approximate surface area is 250 Å². The number of halogens is 2. The first-order valence-electron chi connectivity index (χ1n) is 15.3. The Morgan fingerprint density at radius 1 is 1.19 bits per heavy atom. The van der Waals surface area contributed by atoms with E-state index in [9.17, 15) is 4.79 Å². The van der Waals surface area contributed by atoms with E-state index < -0.39 is 5.66 Å². The zero-order chi connectivity index (χ0) is 30.0. The number of fused-ring (bicyclic) bond motifs is 1. The predicted molar refractivity (Wildman–Crippen MR) is 170 cm³/mol. The van der Waals surface area contributed by atoms with Crippen molar-refractivity contribution in [2.75, 3.05) is 23.3 Å². The number of alkyl halides is 2. The number of benzene rings is 1. The highest BCUT2D eigenvalue weighted by Crippen LogP contribution is 2.45. The molecule has 0 bridgehead atoms. The van der Waals surface area contributed by atoms with Gasteiger partial charge in [0.15, 0.2) is 0 Å². The van der Waals surface area contributed by atoms with Gasteiger partial charge in [-0.05, 0) is 113 Å². The molecule has 3 unspecified atom stereocenters. The van der Waals surface area contributed by atoms with Crippen molar-refractivity contribution in [2.45, 2.75) is 90.4 Å². The Balaban J connectivity index is 1.52. The minimum Gasteiger partial charge on any atom is -0.370 e. The normalized spacial score (nSPS) is 19.5. The highest BCUT2D eigenvalue weighted by Gasteiger charge is 2.39. The van der Waals surface area contributed by atoms with Crippen LogP contribution in [0.1, 0.15) is 111 Å². The Kier molecular flexibility index (Phi) is 9.38. The van der Waals surface area contributed by atoms with Crippen LogP contribution in [0.5, 0.6) is 0 Å². The van der Waals surface area contributed by atoms with Crippen molar-refractivity contribution in [2.24, 2.45) is 22.0 Å². The third-order valence-corrected chi connectivity index (χ3v) is 9.40. The summed E-state index contributed by atoms with van der Waals surface area (Å²) in [4.78, 5) is 20.3. The molecular weight excluding hydrogens is 553 g/mol. The fourth-order valence-corrected chi connectivity index (χ4v) is 6.54. The largest absolute Gasteiger partial charge is 0.370 e. The van der Waals surface area contributed by atoms with Crippen molar-refractivity contribution in [1.82, 2.24) is 10.3 Å². The Hall–Kier alpha value is -2.77. The summed E-state index contributed by atoms with van der Waals surface area (Å²) in [6.07, 6.45) is 8.68. The summed E-state index contributed by atoms with van der Waals surface area (Å²) in [6.45, 7) is 9.35. The lowest BCUT2D eigenvalue weighted by molar-refractivity contribution is 0.0996. The van der Waals surface area contributed by atoms with E-state index in [0.717, 1.165) is 30.7 Å². The van der Waals surface area contributed by atoms with Crippen LogP contribution >= 0.6 is 9.24 Å². The molecule has 2 heterocycles. The van der Waals surface area contributed by atoms with Crippen molar-refractivity contribution in [3.8, 4) is 0 Å². The lowest BCUT2D eigenvalue weighted by Crippen LogP contribution is -2.29. The average Bonchev–Trinajstić information content (AvgIpc) is 3.23. The van der Waals surface area contributed by atoms with Gasteiger partial charge in [-0.2, -0.15) is 19.0 Å². The number of aromatic nitrogens is 1. The van der Waals surface area contributed by atoms with Gasteiger partial charge in [-0.1, -0.05) is 22.1 Å². The topological polar surface area (TPSA) is 82.0 Å². The highest BCUT2D eigenvalue weighted by atomic mass is 31.0. The van der Waals surface area contributed by atoms with Gasteiger partial charge in [0.05, 0.1) is 6.54 Å². The van der Waals surface area contributed by atoms with Gasteiger partial charge in [-0.3, -0.25) is 9.69 Å². The third kappa shape index (κ3) is 6.42. The van der Waals surface area contributed by atoms with Gasteiger partial charge in [0.1, 0.15) is 11.6 Å². The fourth-order valence-electron chi connectivity index (χ4n) is 6.29. The number of amides is 1. The number of pyridine rings is 1. The Morgan fingerprint density at radius 2 is 1.93 bits per heavy atom. The standard InChI is InChI=1S/C32H43F2N6OP/c1-5-35-28-15-24(30(22-11-8-12-22)20(4)39-37-6-2)16-29(38-28)40-18-26-25(31(40)41)13-23(14-27(26)32(33,34)42)19(3)36-17-21-9-7-10-21/h6,13-16,19,21-22,30,36H,5,7-12,17-18,42H2,1-4H3,(H,35,38)/b37-6-,39-20+. The van der Waals surface area contributed by atoms with Crippen molar-refractivity contribution in [1.29, 1.82) is 0 Å². The predicted octanol–water partition coefficient (Wildman–Crippen LogP) is 7.40. The van der Waals surface area contributed by atoms with Gasteiger partial charge in [-0.25, -0.2) is 4.98 Å². The van der Waals surface area contributed by atoms with E-state index in [0.29, 0.717) is 46.7 Å². The van der Waals surface area contributed by atoms with Gasteiger partial charge in [0.25, 0.3) is 11.6 Å². The van der Waals surface area contributed by atoms with Gasteiger partial charge >= 0.3 is 0 Å². The maximum atomic E-state index is 15.0. The van der Waals surface area contributed by atoms with Crippen LogP contribution in [0.3, 0.4) is 0 Å². The van der Waals surface area contributed by atoms with Crippen LogP contribution in [0, 0.1) is 11.8 Å². The molecule has 2 aromatic rings. The Bertz CT molecular complexity index is 1370. The number of carbonyl (C=O) groups excluding carboxylic acids is 1. The molecule has 1 aliphatic heterocycles. The lowest BCUT2D eigenvalue weighted by atomic mass is 9.71. The first-order chi connectivity index (χ1) is 20.1. The van der Waals surface area contributed by atoms with E-state index in [-0.39, 0.29) is 30.0 Å².